The number of halogens is 3. The van der Waals surface area contributed by atoms with Crippen LogP contribution in [0.5, 0.6) is 5.75 Å². The predicted molar refractivity (Wildman–Crippen MR) is 160 cm³/mol. The molecule has 0 amide bonds. The zero-order chi connectivity index (χ0) is 26.3. The van der Waals surface area contributed by atoms with Gasteiger partial charge in [0.05, 0.1) is 7.14 Å². The third kappa shape index (κ3) is 5.53. The summed E-state index contributed by atoms with van der Waals surface area (Å²) >= 11 is 7.93. The lowest BCUT2D eigenvalue weighted by atomic mass is 9.80. The van der Waals surface area contributed by atoms with Crippen LogP contribution in [0.25, 0.3) is 10.9 Å². The van der Waals surface area contributed by atoms with Crippen LogP contribution in [0.15, 0.2) is 71.3 Å². The van der Waals surface area contributed by atoms with Gasteiger partial charge in [0.2, 0.25) is 0 Å². The van der Waals surface area contributed by atoms with Gasteiger partial charge < -0.3 is 19.2 Å². The van der Waals surface area contributed by atoms with Crippen molar-refractivity contribution in [3.05, 3.63) is 95.2 Å². The Bertz CT molecular complexity index is 1460. The molecule has 0 radical (unpaired) electrons. The van der Waals surface area contributed by atoms with Crippen LogP contribution >= 0.6 is 61.1 Å². The Balaban J connectivity index is 1.56. The summed E-state index contributed by atoms with van der Waals surface area (Å²) in [6, 6.07) is 19.7. The number of hydrogen-bond donors (Lipinski definition) is 1. The second-order valence-corrected chi connectivity index (χ2v) is 12.5. The van der Waals surface area contributed by atoms with E-state index in [2.05, 4.69) is 66.1 Å². The normalized spacial score (nSPS) is 16.4. The molecule has 2 heterocycles. The molecule has 1 aliphatic rings. The molecular weight excluding hydrogens is 764 g/mol. The molecule has 4 aromatic rings. The lowest BCUT2D eigenvalue weighted by Crippen LogP contribution is -2.48. The maximum absolute atomic E-state index is 13.2. The van der Waals surface area contributed by atoms with Crippen molar-refractivity contribution in [3.8, 4) is 5.75 Å². The van der Waals surface area contributed by atoms with Crippen LogP contribution in [0.3, 0.4) is 0 Å². The van der Waals surface area contributed by atoms with Crippen LogP contribution < -0.4 is 4.74 Å². The topological polar surface area (TPSA) is 77.6 Å². The van der Waals surface area contributed by atoms with E-state index >= 15 is 0 Å². The largest absolute Gasteiger partial charge is 0.487 e. The number of nitrogens with one attached hydrogen (secondary N) is 1. The second-order valence-electron chi connectivity index (χ2n) is 9.22. The highest BCUT2D eigenvalue weighted by Gasteiger charge is 2.48. The van der Waals surface area contributed by atoms with Gasteiger partial charge in [-0.1, -0.05) is 46.3 Å². The summed E-state index contributed by atoms with van der Waals surface area (Å²) in [5, 5.41) is 0.929. The van der Waals surface area contributed by atoms with Crippen molar-refractivity contribution in [1.29, 1.82) is 0 Å². The molecule has 1 N–H and O–H groups in total. The molecular formula is C28H22BrI2NO5. The average molecular weight is 786 g/mol. The number of aromatic amines is 1. The highest BCUT2D eigenvalue weighted by Crippen LogP contribution is 2.43. The Morgan fingerprint density at radius 3 is 2.27 bits per heavy atom. The summed E-state index contributed by atoms with van der Waals surface area (Å²) in [5.74, 6) is -3.51. The number of carbonyl (C=O) groups is 2. The first-order chi connectivity index (χ1) is 17.6. The number of rotatable bonds is 6. The lowest BCUT2D eigenvalue weighted by Gasteiger charge is -2.36. The van der Waals surface area contributed by atoms with Crippen LogP contribution in [0, 0.1) is 13.1 Å². The van der Waals surface area contributed by atoms with Gasteiger partial charge in [-0.05, 0) is 92.2 Å². The Kier molecular flexibility index (Phi) is 7.56. The number of fused-ring (bicyclic) bond motifs is 1. The summed E-state index contributed by atoms with van der Waals surface area (Å²) in [6.45, 7) is 3.53. The van der Waals surface area contributed by atoms with E-state index in [1.807, 2.05) is 66.9 Å². The van der Waals surface area contributed by atoms with Crippen LogP contribution in [0.2, 0.25) is 0 Å². The number of cyclic esters (lactones) is 2. The van der Waals surface area contributed by atoms with Crippen molar-refractivity contribution in [2.24, 2.45) is 5.92 Å². The van der Waals surface area contributed by atoms with Crippen molar-refractivity contribution >= 4 is 84.0 Å². The van der Waals surface area contributed by atoms with Gasteiger partial charge in [-0.3, -0.25) is 9.59 Å². The minimum atomic E-state index is -1.30. The first-order valence-corrected chi connectivity index (χ1v) is 14.5. The van der Waals surface area contributed by atoms with Gasteiger partial charge in [-0.2, -0.15) is 0 Å². The molecule has 0 bridgehead atoms. The fraction of sp³-hybridized carbons (Fsp3) is 0.214. The third-order valence-corrected chi connectivity index (χ3v) is 8.30. The van der Waals surface area contributed by atoms with Gasteiger partial charge >= 0.3 is 11.9 Å². The number of carbonyl (C=O) groups excluding carboxylic acids is 2. The molecule has 1 saturated heterocycles. The third-order valence-electron chi connectivity index (χ3n) is 6.17. The van der Waals surface area contributed by atoms with Gasteiger partial charge in [0.25, 0.3) is 5.79 Å². The fourth-order valence-corrected chi connectivity index (χ4v) is 6.93. The first kappa shape index (κ1) is 26.5. The molecule has 3 aromatic carbocycles. The molecule has 9 heteroatoms. The molecule has 6 nitrogen and oxygen atoms in total. The van der Waals surface area contributed by atoms with Gasteiger partial charge in [0.15, 0.2) is 5.92 Å². The summed E-state index contributed by atoms with van der Waals surface area (Å²) in [6.07, 6.45) is 1.85. The molecule has 1 aliphatic heterocycles. The summed E-state index contributed by atoms with van der Waals surface area (Å²) in [7, 11) is 0. The molecule has 1 fully saturated rings. The molecule has 37 heavy (non-hydrogen) atoms. The SMILES string of the molecule is CC1(C)OC(=O)C([C@@H](c2cc(I)c(OCc3ccc(Br)cc3)c(I)c2)c2c[nH]c3ccccc23)C(=O)O1. The van der Waals surface area contributed by atoms with Crippen LogP contribution in [0.1, 0.15) is 36.5 Å². The van der Waals surface area contributed by atoms with E-state index in [0.29, 0.717) is 6.61 Å². The van der Waals surface area contributed by atoms with E-state index in [1.165, 1.54) is 0 Å². The zero-order valence-corrected chi connectivity index (χ0v) is 25.8. The summed E-state index contributed by atoms with van der Waals surface area (Å²) in [4.78, 5) is 29.7. The molecule has 5 rings (SSSR count). The highest BCUT2D eigenvalue weighted by molar-refractivity contribution is 14.1. The molecule has 1 aromatic heterocycles. The molecule has 190 valence electrons. The number of ether oxygens (including phenoxy) is 3. The highest BCUT2D eigenvalue weighted by atomic mass is 127. The average Bonchev–Trinajstić information content (AvgIpc) is 3.25. The van der Waals surface area contributed by atoms with Crippen molar-refractivity contribution in [2.45, 2.75) is 32.2 Å². The van der Waals surface area contributed by atoms with Gasteiger partial charge in [0.1, 0.15) is 12.4 Å². The monoisotopic (exact) mass is 785 g/mol. The minimum absolute atomic E-state index is 0.418. The summed E-state index contributed by atoms with van der Waals surface area (Å²) in [5.41, 5.74) is 3.59. The Hall–Kier alpha value is -2.12. The fourth-order valence-electron chi connectivity index (χ4n) is 4.54. The number of benzene rings is 3. The van der Waals surface area contributed by atoms with E-state index in [0.717, 1.165) is 45.0 Å². The maximum atomic E-state index is 13.2. The Labute approximate surface area is 249 Å². The number of aromatic nitrogens is 1. The van der Waals surface area contributed by atoms with Crippen LogP contribution in [-0.2, 0) is 25.7 Å². The number of H-pyrrole nitrogens is 1. The first-order valence-electron chi connectivity index (χ1n) is 11.5. The molecule has 0 saturated carbocycles. The van der Waals surface area contributed by atoms with Crippen molar-refractivity contribution in [2.75, 3.05) is 0 Å². The minimum Gasteiger partial charge on any atom is -0.487 e. The van der Waals surface area contributed by atoms with Gasteiger partial charge in [0, 0.05) is 41.3 Å². The number of esters is 2. The summed E-state index contributed by atoms with van der Waals surface area (Å²) < 4.78 is 20.0. The Morgan fingerprint density at radius 1 is 1.00 bits per heavy atom. The van der Waals surface area contributed by atoms with E-state index in [1.54, 1.807) is 13.8 Å². The van der Waals surface area contributed by atoms with Crippen molar-refractivity contribution in [3.63, 3.8) is 0 Å². The van der Waals surface area contributed by atoms with Crippen molar-refractivity contribution < 1.29 is 23.8 Å². The van der Waals surface area contributed by atoms with Gasteiger partial charge in [-0.25, -0.2) is 0 Å². The van der Waals surface area contributed by atoms with Crippen molar-refractivity contribution in [1.82, 2.24) is 4.98 Å². The maximum Gasteiger partial charge on any atom is 0.324 e. The standard InChI is InChI=1S/C28H22BrI2NO5/c1-28(2)36-26(33)24(27(34)37-28)23(19-13-32-22-6-4-3-5-18(19)22)16-11-20(30)25(21(31)12-16)35-14-15-7-9-17(29)10-8-15/h3-13,23-24,32H,14H2,1-2H3/t23-/m0/s1. The zero-order valence-electron chi connectivity index (χ0n) is 19.9. The van der Waals surface area contributed by atoms with E-state index in [-0.39, 0.29) is 0 Å². The van der Waals surface area contributed by atoms with Crippen LogP contribution in [-0.4, -0.2) is 22.7 Å². The molecule has 0 aliphatic carbocycles. The smallest absolute Gasteiger partial charge is 0.324 e. The predicted octanol–water partition coefficient (Wildman–Crippen LogP) is 7.30. The quantitative estimate of drug-likeness (QED) is 0.126. The van der Waals surface area contributed by atoms with E-state index in [9.17, 15) is 9.59 Å². The van der Waals surface area contributed by atoms with Gasteiger partial charge in [-0.15, -0.1) is 0 Å². The Morgan fingerprint density at radius 2 is 1.62 bits per heavy atom. The second kappa shape index (κ2) is 10.6. The molecule has 0 unspecified atom stereocenters. The number of para-hydroxylation sites is 1. The van der Waals surface area contributed by atoms with E-state index in [4.69, 9.17) is 14.2 Å². The lowest BCUT2D eigenvalue weighted by molar-refractivity contribution is -0.240. The number of hydrogen-bond acceptors (Lipinski definition) is 5. The molecule has 1 atom stereocenters. The van der Waals surface area contributed by atoms with E-state index < -0.39 is 29.6 Å². The van der Waals surface area contributed by atoms with Crippen LogP contribution in [0.4, 0.5) is 0 Å². The molecule has 0 spiro atoms.